The number of hydrogen-bond acceptors (Lipinski definition) is 2. The first-order valence-electron chi connectivity index (χ1n) is 10.5. The maximum Gasteiger partial charge on any atom is 1.00 e. The number of carboxylic acid groups (broad SMARTS) is 2. The molecule has 0 fully saturated rings. The average Bonchev–Trinajstić information content (AvgIpc) is 2.57. The molecule has 2 N–H and O–H groups in total. The largest absolute Gasteiger partial charge is 1.00 e. The van der Waals surface area contributed by atoms with E-state index in [0.29, 0.717) is 12.8 Å². The van der Waals surface area contributed by atoms with Gasteiger partial charge in [-0.1, -0.05) is 104 Å². The van der Waals surface area contributed by atoms with Crippen LogP contribution < -0.4 is 80.9 Å². The van der Waals surface area contributed by atoms with E-state index in [-0.39, 0.29) is 96.6 Å². The minimum Gasteiger partial charge on any atom is -1.00 e. The number of aliphatic carboxylic acids is 2. The van der Waals surface area contributed by atoms with E-state index >= 15 is 0 Å². The van der Waals surface area contributed by atoms with Crippen molar-refractivity contribution in [2.45, 2.75) is 117 Å². The molecule has 0 saturated carbocycles. The van der Waals surface area contributed by atoms with Crippen molar-refractivity contribution in [1.82, 2.24) is 0 Å². The molecule has 27 heavy (non-hydrogen) atoms. The Kier molecular flexibility index (Phi) is 27.4. The quantitative estimate of drug-likeness (QED) is 0.194. The summed E-state index contributed by atoms with van der Waals surface area (Å²) in [6.45, 7) is 4.36. The zero-order chi connectivity index (χ0) is 19.0. The van der Waals surface area contributed by atoms with Crippen LogP contribution in [0.3, 0.4) is 0 Å². The first-order chi connectivity index (χ1) is 12.0. The molecule has 0 aliphatic heterocycles. The standard InChI is InChI=1S/C21H40O4.K.Na.2H/c1-3-5-7-9-11-13-15-17-21(19(22)23,20(24)25)18-16-14-12-10-8-6-4-2;;;;/h3-18H2,1-2H3,(H,22,23)(H,24,25);;;;/q;2*+1;2*-1. The molecule has 0 aromatic rings. The summed E-state index contributed by atoms with van der Waals surface area (Å²) in [6, 6.07) is 0. The Bertz CT molecular complexity index is 341. The van der Waals surface area contributed by atoms with Crippen molar-refractivity contribution >= 4 is 11.9 Å². The smallest absolute Gasteiger partial charge is 1.00 e. The summed E-state index contributed by atoms with van der Waals surface area (Å²) >= 11 is 0. The van der Waals surface area contributed by atoms with Crippen molar-refractivity contribution in [2.24, 2.45) is 5.41 Å². The third kappa shape index (κ3) is 16.0. The molecule has 0 heterocycles. The zero-order valence-electron chi connectivity index (χ0n) is 20.5. The molecule has 0 radical (unpaired) electrons. The zero-order valence-corrected chi connectivity index (χ0v) is 23.6. The molecular formula is C21H42KNaO4. The monoisotopic (exact) mass is 420 g/mol. The van der Waals surface area contributed by atoms with Gasteiger partial charge >= 0.3 is 92.9 Å². The third-order valence-electron chi connectivity index (χ3n) is 5.23. The first-order valence-corrected chi connectivity index (χ1v) is 10.5. The van der Waals surface area contributed by atoms with Crippen LogP contribution in [0.25, 0.3) is 0 Å². The van der Waals surface area contributed by atoms with Gasteiger partial charge in [-0.2, -0.15) is 0 Å². The number of rotatable bonds is 18. The van der Waals surface area contributed by atoms with Crippen LogP contribution in [0.1, 0.15) is 119 Å². The van der Waals surface area contributed by atoms with Crippen molar-refractivity contribution in [3.8, 4) is 0 Å². The molecule has 0 bridgehead atoms. The van der Waals surface area contributed by atoms with Gasteiger partial charge in [-0.3, -0.25) is 9.59 Å². The summed E-state index contributed by atoms with van der Waals surface area (Å²) in [7, 11) is 0. The van der Waals surface area contributed by atoms with Crippen LogP contribution in [0.4, 0.5) is 0 Å². The molecule has 0 atom stereocenters. The minimum atomic E-state index is -1.58. The van der Waals surface area contributed by atoms with Crippen molar-refractivity contribution in [1.29, 1.82) is 0 Å². The molecule has 0 aromatic carbocycles. The van der Waals surface area contributed by atoms with E-state index in [1.54, 1.807) is 0 Å². The van der Waals surface area contributed by atoms with Crippen molar-refractivity contribution in [2.75, 3.05) is 0 Å². The molecule has 0 unspecified atom stereocenters. The van der Waals surface area contributed by atoms with E-state index in [0.717, 1.165) is 25.7 Å². The van der Waals surface area contributed by atoms with Crippen LogP contribution in [-0.4, -0.2) is 22.2 Å². The molecule has 6 heteroatoms. The Balaban J connectivity index is -0.000000480. The van der Waals surface area contributed by atoms with Gasteiger partial charge in [-0.25, -0.2) is 0 Å². The fourth-order valence-electron chi connectivity index (χ4n) is 3.41. The van der Waals surface area contributed by atoms with Crippen LogP contribution in [-0.2, 0) is 9.59 Å². The summed E-state index contributed by atoms with van der Waals surface area (Å²) in [6.07, 6.45) is 15.6. The second kappa shape index (κ2) is 22.3. The first kappa shape index (κ1) is 33.2. The van der Waals surface area contributed by atoms with Gasteiger partial charge in [0.25, 0.3) is 0 Å². The molecular weight excluding hydrogens is 378 g/mol. The summed E-state index contributed by atoms with van der Waals surface area (Å²) in [5.74, 6) is -2.31. The molecule has 4 nitrogen and oxygen atoms in total. The predicted octanol–water partition coefficient (Wildman–Crippen LogP) is 0.656. The number of hydrogen-bond donors (Lipinski definition) is 2. The summed E-state index contributed by atoms with van der Waals surface area (Å²) in [4.78, 5) is 23.4. The Hall–Kier alpha value is 1.58. The van der Waals surface area contributed by atoms with Gasteiger partial charge in [0, 0.05) is 0 Å². The second-order valence-electron chi connectivity index (χ2n) is 7.44. The van der Waals surface area contributed by atoms with E-state index in [1.807, 2.05) is 0 Å². The Morgan fingerprint density at radius 3 is 1.15 bits per heavy atom. The topological polar surface area (TPSA) is 74.6 Å². The molecule has 0 aliphatic rings. The molecule has 0 saturated heterocycles. The van der Waals surface area contributed by atoms with Gasteiger partial charge in [-0.05, 0) is 12.8 Å². The van der Waals surface area contributed by atoms with Crippen LogP contribution in [0, 0.1) is 5.41 Å². The number of carboxylic acids is 2. The van der Waals surface area contributed by atoms with Gasteiger partial charge in [0.15, 0.2) is 5.41 Å². The molecule has 0 aliphatic carbocycles. The summed E-state index contributed by atoms with van der Waals surface area (Å²) in [5.41, 5.74) is -1.58. The fourth-order valence-corrected chi connectivity index (χ4v) is 3.41. The average molecular weight is 421 g/mol. The normalized spacial score (nSPS) is 10.7. The molecule has 0 spiro atoms. The fraction of sp³-hybridized carbons (Fsp3) is 0.905. The van der Waals surface area contributed by atoms with Crippen molar-refractivity contribution in [3.05, 3.63) is 0 Å². The maximum absolute atomic E-state index is 11.7. The van der Waals surface area contributed by atoms with Gasteiger partial charge < -0.3 is 13.1 Å². The van der Waals surface area contributed by atoms with E-state index < -0.39 is 17.4 Å². The SMILES string of the molecule is CCCCCCCCCC(CCCCCCCCC)(C(=O)O)C(=O)O.[H-].[H-].[K+].[Na+]. The molecule has 0 amide bonds. The Morgan fingerprint density at radius 1 is 0.630 bits per heavy atom. The van der Waals surface area contributed by atoms with E-state index in [2.05, 4.69) is 13.8 Å². The van der Waals surface area contributed by atoms with E-state index in [4.69, 9.17) is 0 Å². The van der Waals surface area contributed by atoms with Crippen LogP contribution >= 0.6 is 0 Å². The maximum atomic E-state index is 11.7. The Morgan fingerprint density at radius 2 is 0.889 bits per heavy atom. The molecule has 0 aromatic heterocycles. The van der Waals surface area contributed by atoms with Crippen LogP contribution in [0.5, 0.6) is 0 Å². The molecule has 152 valence electrons. The van der Waals surface area contributed by atoms with Gasteiger partial charge in [0.2, 0.25) is 0 Å². The summed E-state index contributed by atoms with van der Waals surface area (Å²) in [5, 5.41) is 19.1. The summed E-state index contributed by atoms with van der Waals surface area (Å²) < 4.78 is 0. The van der Waals surface area contributed by atoms with Crippen molar-refractivity contribution in [3.63, 3.8) is 0 Å². The van der Waals surface area contributed by atoms with Gasteiger partial charge in [-0.15, -0.1) is 0 Å². The van der Waals surface area contributed by atoms with Crippen LogP contribution in [0.2, 0.25) is 0 Å². The van der Waals surface area contributed by atoms with Gasteiger partial charge in [0.05, 0.1) is 0 Å². The number of carbonyl (C=O) groups is 2. The van der Waals surface area contributed by atoms with E-state index in [9.17, 15) is 19.8 Å². The molecule has 0 rings (SSSR count). The predicted molar refractivity (Wildman–Crippen MR) is 105 cm³/mol. The third-order valence-corrected chi connectivity index (χ3v) is 5.23. The van der Waals surface area contributed by atoms with E-state index in [1.165, 1.54) is 51.4 Å². The Labute approximate surface area is 234 Å². The second-order valence-corrected chi connectivity index (χ2v) is 7.44. The minimum absolute atomic E-state index is 0. The van der Waals surface area contributed by atoms with Gasteiger partial charge in [0.1, 0.15) is 0 Å². The van der Waals surface area contributed by atoms with Crippen LogP contribution in [0.15, 0.2) is 0 Å². The van der Waals surface area contributed by atoms with Crippen molar-refractivity contribution < 1.29 is 104 Å². The number of unbranched alkanes of at least 4 members (excludes halogenated alkanes) is 12.